The van der Waals surface area contributed by atoms with E-state index in [1.165, 1.54) is 0 Å². The molecule has 23 heavy (non-hydrogen) atoms. The number of aliphatic hydroxyl groups is 1. The van der Waals surface area contributed by atoms with Crippen molar-refractivity contribution in [2.45, 2.75) is 84.0 Å². The molecule has 2 aliphatic rings. The normalized spacial score (nSPS) is 25.3. The predicted molar refractivity (Wildman–Crippen MR) is 89.8 cm³/mol. The summed E-state index contributed by atoms with van der Waals surface area (Å²) in [6.07, 6.45) is 8.99. The van der Waals surface area contributed by atoms with Crippen molar-refractivity contribution in [3.63, 3.8) is 0 Å². The fourth-order valence-electron chi connectivity index (χ4n) is 3.78. The molecule has 4 heteroatoms. The molecule has 4 nitrogen and oxygen atoms in total. The Morgan fingerprint density at radius 1 is 1.39 bits per heavy atom. The number of carbonyl (C=O) groups excluding carboxylic acids is 1. The molecule has 2 atom stereocenters. The van der Waals surface area contributed by atoms with Gasteiger partial charge in [0, 0.05) is 0 Å². The van der Waals surface area contributed by atoms with Gasteiger partial charge in [0.15, 0.2) is 6.29 Å². The molecule has 0 bridgehead atoms. The minimum absolute atomic E-state index is 0.173. The van der Waals surface area contributed by atoms with Crippen molar-refractivity contribution in [1.82, 2.24) is 0 Å². The summed E-state index contributed by atoms with van der Waals surface area (Å²) in [5, 5.41) is 10.1. The fraction of sp³-hybridized carbons (Fsp3) is 0.842. The first-order valence-corrected chi connectivity index (χ1v) is 9.16. The maximum Gasteiger partial charge on any atom is 0.332 e. The van der Waals surface area contributed by atoms with Crippen LogP contribution in [0.5, 0.6) is 0 Å². The van der Waals surface area contributed by atoms with E-state index >= 15 is 0 Å². The van der Waals surface area contributed by atoms with E-state index in [-0.39, 0.29) is 18.2 Å². The van der Waals surface area contributed by atoms with Crippen molar-refractivity contribution in [3.8, 4) is 0 Å². The van der Waals surface area contributed by atoms with Crippen LogP contribution < -0.4 is 0 Å². The van der Waals surface area contributed by atoms with Crippen LogP contribution in [-0.2, 0) is 14.3 Å². The molecule has 0 aromatic carbocycles. The Kier molecular flexibility index (Phi) is 6.66. The second kappa shape index (κ2) is 8.29. The topological polar surface area (TPSA) is 55.8 Å². The Hall–Kier alpha value is -0.870. The Labute approximate surface area is 140 Å². The number of carbonyl (C=O) groups is 1. The number of aliphatic hydroxyl groups excluding tert-OH is 1. The molecule has 0 aliphatic heterocycles. The first-order valence-electron chi connectivity index (χ1n) is 9.16. The lowest BCUT2D eigenvalue weighted by atomic mass is 9.82. The lowest BCUT2D eigenvalue weighted by molar-refractivity contribution is -0.173. The molecule has 0 amide bonds. The van der Waals surface area contributed by atoms with Gasteiger partial charge in [-0.3, -0.25) is 0 Å². The van der Waals surface area contributed by atoms with Crippen molar-refractivity contribution in [3.05, 3.63) is 11.6 Å². The lowest BCUT2D eigenvalue weighted by Gasteiger charge is -2.29. The molecular formula is C19H32O4. The fourth-order valence-corrected chi connectivity index (χ4v) is 3.78. The van der Waals surface area contributed by atoms with Gasteiger partial charge in [-0.1, -0.05) is 26.8 Å². The molecule has 0 saturated heterocycles. The molecule has 1 fully saturated rings. The van der Waals surface area contributed by atoms with Crippen LogP contribution in [0.3, 0.4) is 0 Å². The summed E-state index contributed by atoms with van der Waals surface area (Å²) in [5.41, 5.74) is 0.612. The summed E-state index contributed by atoms with van der Waals surface area (Å²) >= 11 is 0. The van der Waals surface area contributed by atoms with E-state index in [0.29, 0.717) is 11.8 Å². The van der Waals surface area contributed by atoms with Crippen molar-refractivity contribution in [2.75, 3.05) is 6.61 Å². The van der Waals surface area contributed by atoms with Gasteiger partial charge in [-0.25, -0.2) is 4.79 Å². The zero-order valence-electron chi connectivity index (χ0n) is 14.8. The molecule has 2 unspecified atom stereocenters. The number of hydrogen-bond acceptors (Lipinski definition) is 4. The molecule has 0 aromatic rings. The summed E-state index contributed by atoms with van der Waals surface area (Å²) in [6, 6.07) is 0. The van der Waals surface area contributed by atoms with Crippen LogP contribution in [0.1, 0.15) is 72.1 Å². The number of rotatable bonds is 7. The van der Waals surface area contributed by atoms with Gasteiger partial charge in [0.1, 0.15) is 12.2 Å². The molecule has 0 aromatic heterocycles. The Bertz CT molecular complexity index is 421. The maximum atomic E-state index is 12.0. The zero-order chi connectivity index (χ0) is 16.9. The van der Waals surface area contributed by atoms with Gasteiger partial charge in [0.25, 0.3) is 0 Å². The third-order valence-corrected chi connectivity index (χ3v) is 5.60. The highest BCUT2D eigenvalue weighted by Crippen LogP contribution is 2.36. The number of ether oxygens (including phenoxy) is 2. The molecule has 132 valence electrons. The Morgan fingerprint density at radius 2 is 2.09 bits per heavy atom. The second-order valence-corrected chi connectivity index (χ2v) is 7.44. The molecule has 2 aliphatic carbocycles. The van der Waals surface area contributed by atoms with Crippen LogP contribution in [0.25, 0.3) is 0 Å². The molecule has 1 saturated carbocycles. The van der Waals surface area contributed by atoms with Crippen molar-refractivity contribution >= 4 is 5.97 Å². The minimum atomic E-state index is -0.975. The molecule has 2 rings (SSSR count). The lowest BCUT2D eigenvalue weighted by Crippen LogP contribution is -2.34. The predicted octanol–water partition coefficient (Wildman–Crippen LogP) is 3.97. The first kappa shape index (κ1) is 18.5. The van der Waals surface area contributed by atoms with Gasteiger partial charge in [0.2, 0.25) is 0 Å². The van der Waals surface area contributed by atoms with Gasteiger partial charge in [-0.15, -0.1) is 0 Å². The van der Waals surface area contributed by atoms with Crippen LogP contribution in [0.2, 0.25) is 0 Å². The highest BCUT2D eigenvalue weighted by molar-refractivity contribution is 5.71. The monoisotopic (exact) mass is 324 g/mol. The standard InChI is InChI=1S/C19H32O4/c1-4-19(11-5-6-12-19)23-17(20)13-22-18(21)16-9-7-15(8-10-16)14(2)3/h9,14-15,18,21H,4-8,10-13H2,1-3H3. The van der Waals surface area contributed by atoms with E-state index < -0.39 is 6.29 Å². The highest BCUT2D eigenvalue weighted by atomic mass is 16.6. The van der Waals surface area contributed by atoms with Gasteiger partial charge in [0.05, 0.1) is 0 Å². The quantitative estimate of drug-likeness (QED) is 0.437. The summed E-state index contributed by atoms with van der Waals surface area (Å²) in [6.45, 7) is 6.36. The van der Waals surface area contributed by atoms with Crippen LogP contribution >= 0.6 is 0 Å². The summed E-state index contributed by atoms with van der Waals surface area (Å²) in [7, 11) is 0. The van der Waals surface area contributed by atoms with Gasteiger partial charge >= 0.3 is 5.97 Å². The maximum absolute atomic E-state index is 12.0. The van der Waals surface area contributed by atoms with Crippen molar-refractivity contribution in [1.29, 1.82) is 0 Å². The van der Waals surface area contributed by atoms with E-state index in [4.69, 9.17) is 9.47 Å². The van der Waals surface area contributed by atoms with Crippen LogP contribution in [0.4, 0.5) is 0 Å². The summed E-state index contributed by atoms with van der Waals surface area (Å²) in [5.74, 6) is 0.990. The Balaban J connectivity index is 1.76. The summed E-state index contributed by atoms with van der Waals surface area (Å²) in [4.78, 5) is 12.0. The first-order chi connectivity index (χ1) is 11.0. The Morgan fingerprint density at radius 3 is 2.61 bits per heavy atom. The highest BCUT2D eigenvalue weighted by Gasteiger charge is 2.36. The third-order valence-electron chi connectivity index (χ3n) is 5.60. The van der Waals surface area contributed by atoms with Gasteiger partial charge in [-0.05, 0) is 68.8 Å². The van der Waals surface area contributed by atoms with E-state index in [0.717, 1.165) is 56.9 Å². The average Bonchev–Trinajstić information content (AvgIpc) is 3.01. The molecular weight excluding hydrogens is 292 g/mol. The molecule has 1 N–H and O–H groups in total. The average molecular weight is 324 g/mol. The molecule has 0 heterocycles. The van der Waals surface area contributed by atoms with Crippen LogP contribution in [0, 0.1) is 11.8 Å². The molecule has 0 radical (unpaired) electrons. The third kappa shape index (κ3) is 5.05. The smallest absolute Gasteiger partial charge is 0.332 e. The van der Waals surface area contributed by atoms with E-state index in [2.05, 4.69) is 26.8 Å². The minimum Gasteiger partial charge on any atom is -0.457 e. The van der Waals surface area contributed by atoms with Crippen LogP contribution in [0.15, 0.2) is 11.6 Å². The van der Waals surface area contributed by atoms with E-state index in [1.807, 2.05) is 0 Å². The number of allylic oxidation sites excluding steroid dienone is 1. The van der Waals surface area contributed by atoms with E-state index in [1.54, 1.807) is 0 Å². The zero-order valence-corrected chi connectivity index (χ0v) is 14.8. The van der Waals surface area contributed by atoms with Crippen LogP contribution in [-0.4, -0.2) is 29.6 Å². The number of hydrogen-bond donors (Lipinski definition) is 1. The van der Waals surface area contributed by atoms with Gasteiger partial charge < -0.3 is 14.6 Å². The summed E-state index contributed by atoms with van der Waals surface area (Å²) < 4.78 is 11.0. The van der Waals surface area contributed by atoms with E-state index in [9.17, 15) is 9.90 Å². The SMILES string of the molecule is CCC1(OC(=O)COC(O)C2=CCC(C(C)C)CC2)CCCC1. The van der Waals surface area contributed by atoms with Crippen molar-refractivity contribution < 1.29 is 19.4 Å². The molecule has 0 spiro atoms. The van der Waals surface area contributed by atoms with Gasteiger partial charge in [-0.2, -0.15) is 0 Å². The van der Waals surface area contributed by atoms with Crippen molar-refractivity contribution in [2.24, 2.45) is 11.8 Å². The second-order valence-electron chi connectivity index (χ2n) is 7.44. The largest absolute Gasteiger partial charge is 0.457 e. The number of esters is 1.